The van der Waals surface area contributed by atoms with Gasteiger partial charge in [-0.3, -0.25) is 14.4 Å². The fourth-order valence-electron chi connectivity index (χ4n) is 7.77. The Hall–Kier alpha value is -1.80. The smallest absolute Gasteiger partial charge is 0.311 e. The number of hydrogen-bond donors (Lipinski definition) is 1. The normalized spacial score (nSPS) is 30.2. The Labute approximate surface area is 246 Å². The zero-order chi connectivity index (χ0) is 30.1. The van der Waals surface area contributed by atoms with Gasteiger partial charge in [-0.05, 0) is 71.1 Å². The Bertz CT molecular complexity index is 986. The van der Waals surface area contributed by atoms with Crippen LogP contribution in [0.2, 0.25) is 0 Å². The number of nitrogens with zero attached hydrogens (tertiary/aromatic N) is 2. The average Bonchev–Trinajstić information content (AvgIpc) is 3.42. The molecular weight excluding hydrogens is 524 g/mol. The summed E-state index contributed by atoms with van der Waals surface area (Å²) in [5.74, 6) is -1.93. The largest absolute Gasteiger partial charge is 0.465 e. The van der Waals surface area contributed by atoms with Crippen LogP contribution in [0, 0.1) is 17.3 Å². The Kier molecular flexibility index (Phi) is 9.98. The lowest BCUT2D eigenvalue weighted by molar-refractivity contribution is -0.156. The molecule has 0 radical (unpaired) electrons. The summed E-state index contributed by atoms with van der Waals surface area (Å²) in [5, 5.41) is 10.4. The topological polar surface area (TPSA) is 87.1 Å². The van der Waals surface area contributed by atoms with Gasteiger partial charge in [0.2, 0.25) is 11.8 Å². The first-order valence-corrected chi connectivity index (χ1v) is 15.8. The molecule has 0 aromatic rings. The molecule has 3 heterocycles. The minimum atomic E-state index is -0.765. The monoisotopic (exact) mass is 576 g/mol. The Morgan fingerprint density at radius 3 is 2.42 bits per heavy atom. The van der Waals surface area contributed by atoms with E-state index in [4.69, 9.17) is 4.74 Å². The number of hydrogen-bond acceptors (Lipinski definition) is 6. The molecule has 40 heavy (non-hydrogen) atoms. The number of rotatable bonds is 14. The van der Waals surface area contributed by atoms with Crippen LogP contribution in [-0.4, -0.2) is 79.6 Å². The summed E-state index contributed by atoms with van der Waals surface area (Å²) < 4.78 is 4.55. The highest BCUT2D eigenvalue weighted by molar-refractivity contribution is 8.02. The number of esters is 1. The van der Waals surface area contributed by atoms with Gasteiger partial charge >= 0.3 is 5.97 Å². The molecule has 3 aliphatic heterocycles. The molecule has 3 fully saturated rings. The van der Waals surface area contributed by atoms with Crippen molar-refractivity contribution < 1.29 is 24.2 Å². The molecule has 2 bridgehead atoms. The molecule has 3 rings (SSSR count). The number of amides is 2. The van der Waals surface area contributed by atoms with Crippen LogP contribution in [0.3, 0.4) is 0 Å². The summed E-state index contributed by atoms with van der Waals surface area (Å²) in [5.41, 5.74) is -0.524. The van der Waals surface area contributed by atoms with Gasteiger partial charge in [0.25, 0.3) is 0 Å². The Morgan fingerprint density at radius 1 is 1.20 bits per heavy atom. The summed E-state index contributed by atoms with van der Waals surface area (Å²) in [7, 11) is 0. The Morgan fingerprint density at radius 2 is 1.88 bits per heavy atom. The van der Waals surface area contributed by atoms with Crippen molar-refractivity contribution in [2.24, 2.45) is 17.3 Å². The number of thioether (sulfide) groups is 1. The highest BCUT2D eigenvalue weighted by atomic mass is 32.2. The van der Waals surface area contributed by atoms with E-state index in [1.165, 1.54) is 0 Å². The first kappa shape index (κ1) is 32.7. The van der Waals surface area contributed by atoms with Crippen LogP contribution >= 0.6 is 11.8 Å². The second-order valence-electron chi connectivity index (χ2n) is 14.0. The van der Waals surface area contributed by atoms with Crippen molar-refractivity contribution in [1.29, 1.82) is 0 Å². The third-order valence-corrected chi connectivity index (χ3v) is 11.1. The summed E-state index contributed by atoms with van der Waals surface area (Å²) in [6, 6.07) is -1.26. The van der Waals surface area contributed by atoms with Gasteiger partial charge in [-0.1, -0.05) is 39.8 Å². The van der Waals surface area contributed by atoms with Crippen molar-refractivity contribution in [3.05, 3.63) is 25.3 Å². The van der Waals surface area contributed by atoms with E-state index in [9.17, 15) is 19.5 Å². The van der Waals surface area contributed by atoms with Crippen molar-refractivity contribution in [2.75, 3.05) is 19.8 Å². The summed E-state index contributed by atoms with van der Waals surface area (Å²) in [6.45, 7) is 22.7. The maximum Gasteiger partial charge on any atom is 0.311 e. The highest BCUT2D eigenvalue weighted by Gasteiger charge is 2.78. The fourth-order valence-corrected chi connectivity index (χ4v) is 10.1. The van der Waals surface area contributed by atoms with E-state index in [2.05, 4.69) is 54.7 Å². The summed E-state index contributed by atoms with van der Waals surface area (Å²) in [4.78, 5) is 46.3. The predicted octanol–water partition coefficient (Wildman–Crippen LogP) is 5.37. The molecule has 3 saturated heterocycles. The molecule has 0 aliphatic carbocycles. The first-order valence-electron chi connectivity index (χ1n) is 15.0. The molecule has 226 valence electrons. The lowest BCUT2D eigenvalue weighted by Gasteiger charge is -2.46. The molecule has 7 nitrogen and oxygen atoms in total. The van der Waals surface area contributed by atoms with Gasteiger partial charge in [0.05, 0.1) is 35.8 Å². The van der Waals surface area contributed by atoms with Crippen LogP contribution in [0.1, 0.15) is 93.4 Å². The van der Waals surface area contributed by atoms with Gasteiger partial charge in [-0.2, -0.15) is 0 Å². The van der Waals surface area contributed by atoms with Crippen molar-refractivity contribution in [2.45, 2.75) is 121 Å². The molecule has 0 aromatic carbocycles. The summed E-state index contributed by atoms with van der Waals surface area (Å²) in [6.07, 6.45) is 8.78. The maximum absolute atomic E-state index is 14.8. The number of ether oxygens (including phenoxy) is 1. The first-order chi connectivity index (χ1) is 18.6. The second kappa shape index (κ2) is 12.2. The molecule has 1 spiro atoms. The number of aliphatic hydroxyl groups is 1. The van der Waals surface area contributed by atoms with E-state index in [-0.39, 0.29) is 29.8 Å². The minimum absolute atomic E-state index is 0.0270. The molecule has 0 aromatic heterocycles. The fraction of sp³-hybridized carbons (Fsp3) is 0.781. The van der Waals surface area contributed by atoms with Crippen molar-refractivity contribution >= 4 is 29.5 Å². The molecule has 2 amide bonds. The van der Waals surface area contributed by atoms with Crippen LogP contribution in [0.4, 0.5) is 0 Å². The van der Waals surface area contributed by atoms with Crippen LogP contribution < -0.4 is 0 Å². The number of carbonyl (C=O) groups is 3. The van der Waals surface area contributed by atoms with Gasteiger partial charge < -0.3 is 19.6 Å². The summed E-state index contributed by atoms with van der Waals surface area (Å²) >= 11 is 1.65. The predicted molar refractivity (Wildman–Crippen MR) is 162 cm³/mol. The van der Waals surface area contributed by atoms with Gasteiger partial charge in [0.15, 0.2) is 0 Å². The number of unbranched alkanes of at least 4 members (excludes halogenated alkanes) is 2. The van der Waals surface area contributed by atoms with Crippen molar-refractivity contribution in [3.8, 4) is 0 Å². The molecule has 2 unspecified atom stereocenters. The SMILES string of the molecule is C=CCCCCOC(=O)[C@H]1[C@H]2C(=O)N([C@@H](CC)CO)C(C(=O)N(CC=C)C(C)(C)CC(C)(C)C)C23CC[C@]1(C)S3. The highest BCUT2D eigenvalue weighted by Crippen LogP contribution is 2.72. The number of fused-ring (bicyclic) bond motifs is 1. The van der Waals surface area contributed by atoms with Crippen molar-refractivity contribution in [3.63, 3.8) is 0 Å². The Balaban J connectivity index is 2.05. The standard InChI is InChI=1S/C32H52N2O5S/c1-10-13-14-15-19-39-28(38)24-23-26(36)34(22(12-3)20-35)25(32(23)17-16-31(24,9)40-32)27(37)33(18-11-2)30(7,8)21-29(4,5)6/h10-11,22-25,35H,1-2,12-21H2,3-9H3/t22-,23-,24+,25?,31-,32?/m0/s1. The zero-order valence-corrected chi connectivity index (χ0v) is 26.6. The number of likely N-dealkylation sites (tertiary alicyclic amines) is 1. The molecule has 6 atom stereocenters. The molecule has 3 aliphatic rings. The van der Waals surface area contributed by atoms with Gasteiger partial charge in [0.1, 0.15) is 6.04 Å². The second-order valence-corrected chi connectivity index (χ2v) is 15.9. The van der Waals surface area contributed by atoms with Crippen molar-refractivity contribution in [1.82, 2.24) is 9.80 Å². The number of carbonyl (C=O) groups excluding carboxylic acids is 3. The van der Waals surface area contributed by atoms with E-state index in [1.54, 1.807) is 22.7 Å². The number of aliphatic hydroxyl groups excluding tert-OH is 1. The molecule has 8 heteroatoms. The van der Waals surface area contributed by atoms with Crippen LogP contribution in [0.15, 0.2) is 25.3 Å². The van der Waals surface area contributed by atoms with Crippen LogP contribution in [-0.2, 0) is 19.1 Å². The molecular formula is C32H52N2O5S. The van der Waals surface area contributed by atoms with Gasteiger partial charge in [0, 0.05) is 16.8 Å². The number of allylic oxidation sites excluding steroid dienone is 1. The minimum Gasteiger partial charge on any atom is -0.465 e. The lowest BCUT2D eigenvalue weighted by atomic mass is 9.66. The van der Waals surface area contributed by atoms with Crippen LogP contribution in [0.5, 0.6) is 0 Å². The maximum atomic E-state index is 14.8. The van der Waals surface area contributed by atoms with E-state index >= 15 is 0 Å². The third kappa shape index (κ3) is 5.90. The van der Waals surface area contributed by atoms with Gasteiger partial charge in [-0.25, -0.2) is 0 Å². The quantitative estimate of drug-likeness (QED) is 0.170. The average molecular weight is 577 g/mol. The van der Waals surface area contributed by atoms with E-state index in [0.29, 0.717) is 26.0 Å². The van der Waals surface area contributed by atoms with Crippen LogP contribution in [0.25, 0.3) is 0 Å². The zero-order valence-electron chi connectivity index (χ0n) is 25.8. The lowest BCUT2D eigenvalue weighted by Crippen LogP contribution is -2.61. The van der Waals surface area contributed by atoms with E-state index < -0.39 is 39.0 Å². The molecule has 1 N–H and O–H groups in total. The molecule has 0 saturated carbocycles. The van der Waals surface area contributed by atoms with E-state index in [0.717, 1.165) is 32.1 Å². The third-order valence-electron chi connectivity index (χ3n) is 9.10. The van der Waals surface area contributed by atoms with Gasteiger partial charge in [-0.15, -0.1) is 24.9 Å². The van der Waals surface area contributed by atoms with E-state index in [1.807, 2.05) is 17.9 Å².